The molecule has 148 valence electrons. The fraction of sp³-hybridized carbons (Fsp3) is 0.333. The summed E-state index contributed by atoms with van der Waals surface area (Å²) in [6, 6.07) is 11.2. The molecule has 3 heterocycles. The average molecular weight is 390 g/mol. The van der Waals surface area contributed by atoms with Crippen molar-refractivity contribution in [2.45, 2.75) is 31.1 Å². The van der Waals surface area contributed by atoms with Crippen LogP contribution < -0.4 is 21.8 Å². The lowest BCUT2D eigenvalue weighted by molar-refractivity contribution is 0.322. The molecule has 2 aromatic heterocycles. The maximum absolute atomic E-state index is 12.7. The van der Waals surface area contributed by atoms with Gasteiger partial charge in [0.15, 0.2) is 0 Å². The molecule has 1 spiro atoms. The number of H-pyrrole nitrogens is 2. The third kappa shape index (κ3) is 3.00. The number of fused-ring (bicyclic) bond motifs is 2. The molecule has 1 saturated heterocycles. The van der Waals surface area contributed by atoms with E-state index in [2.05, 4.69) is 19.9 Å². The number of piperidine rings is 1. The first-order valence-electron chi connectivity index (χ1n) is 9.85. The minimum atomic E-state index is -0.250. The van der Waals surface area contributed by atoms with E-state index in [1.807, 2.05) is 30.3 Å². The van der Waals surface area contributed by atoms with Gasteiger partial charge >= 0.3 is 0 Å². The predicted octanol–water partition coefficient (Wildman–Crippen LogP) is 1.59. The number of nitrogen functional groups attached to an aromatic ring is 1. The Kier molecular flexibility index (Phi) is 4.01. The van der Waals surface area contributed by atoms with Crippen LogP contribution in [0.1, 0.15) is 30.5 Å². The van der Waals surface area contributed by atoms with E-state index in [9.17, 15) is 9.59 Å². The second-order valence-electron chi connectivity index (χ2n) is 7.86. The number of benzene rings is 1. The first-order valence-corrected chi connectivity index (χ1v) is 9.85. The molecule has 1 aliphatic heterocycles. The van der Waals surface area contributed by atoms with Crippen LogP contribution in [0.4, 0.5) is 11.8 Å². The summed E-state index contributed by atoms with van der Waals surface area (Å²) in [6.07, 6.45) is 3.40. The second-order valence-corrected chi connectivity index (χ2v) is 7.86. The Labute approximate surface area is 166 Å². The van der Waals surface area contributed by atoms with Crippen LogP contribution in [-0.2, 0) is 11.8 Å². The Hall–Kier alpha value is -3.42. The Morgan fingerprint density at radius 2 is 1.76 bits per heavy atom. The quantitative estimate of drug-likeness (QED) is 0.611. The van der Waals surface area contributed by atoms with E-state index in [1.54, 1.807) is 0 Å². The third-order valence-corrected chi connectivity index (χ3v) is 6.21. The van der Waals surface area contributed by atoms with Gasteiger partial charge in [0.1, 0.15) is 11.6 Å². The van der Waals surface area contributed by atoms with Crippen molar-refractivity contribution in [2.75, 3.05) is 23.7 Å². The van der Waals surface area contributed by atoms with Gasteiger partial charge in [-0.25, -0.2) is 4.98 Å². The summed E-state index contributed by atoms with van der Waals surface area (Å²) in [5.74, 6) is 1.35. The van der Waals surface area contributed by atoms with E-state index in [0.29, 0.717) is 11.6 Å². The summed E-state index contributed by atoms with van der Waals surface area (Å²) in [7, 11) is 0. The number of anilines is 2. The molecule has 8 heteroatoms. The molecule has 2 aliphatic rings. The van der Waals surface area contributed by atoms with Gasteiger partial charge in [0.05, 0.1) is 5.69 Å². The predicted molar refractivity (Wildman–Crippen MR) is 111 cm³/mol. The smallest absolute Gasteiger partial charge is 0.254 e. The van der Waals surface area contributed by atoms with Crippen molar-refractivity contribution in [1.82, 2.24) is 19.9 Å². The molecule has 0 unspecified atom stereocenters. The Morgan fingerprint density at radius 1 is 1.00 bits per heavy atom. The number of nitrogens with zero attached hydrogens (tertiary/aromatic N) is 3. The fourth-order valence-electron chi connectivity index (χ4n) is 4.66. The van der Waals surface area contributed by atoms with E-state index in [4.69, 9.17) is 10.7 Å². The van der Waals surface area contributed by atoms with Gasteiger partial charge in [0, 0.05) is 35.7 Å². The monoisotopic (exact) mass is 390 g/mol. The molecule has 3 aromatic rings. The standard InChI is InChI=1S/C21H22N6O2/c22-20-23-15(12-16(28)24-20)27-10-8-21(9-11-27)7-6-14-17(21)25-18(26-19(14)29)13-4-2-1-3-5-13/h1-5,12H,6-11H2,(H,25,26,29)(H3,22,23,24,28). The fourth-order valence-corrected chi connectivity index (χ4v) is 4.66. The normalized spacial score (nSPS) is 17.4. The third-order valence-electron chi connectivity index (χ3n) is 6.21. The molecule has 0 atom stereocenters. The average Bonchev–Trinajstić information content (AvgIpc) is 3.07. The highest BCUT2D eigenvalue weighted by Crippen LogP contribution is 2.45. The van der Waals surface area contributed by atoms with Gasteiger partial charge in [-0.1, -0.05) is 30.3 Å². The molecule has 1 fully saturated rings. The summed E-state index contributed by atoms with van der Waals surface area (Å²) in [6.45, 7) is 1.48. The van der Waals surface area contributed by atoms with Gasteiger partial charge in [-0.15, -0.1) is 0 Å². The molecule has 0 radical (unpaired) electrons. The van der Waals surface area contributed by atoms with Crippen molar-refractivity contribution >= 4 is 11.8 Å². The van der Waals surface area contributed by atoms with E-state index in [1.165, 1.54) is 6.07 Å². The van der Waals surface area contributed by atoms with Gasteiger partial charge in [-0.2, -0.15) is 4.98 Å². The van der Waals surface area contributed by atoms with Crippen molar-refractivity contribution < 1.29 is 0 Å². The molecule has 0 amide bonds. The van der Waals surface area contributed by atoms with Crippen molar-refractivity contribution in [1.29, 1.82) is 0 Å². The molecule has 29 heavy (non-hydrogen) atoms. The molecule has 1 aliphatic carbocycles. The van der Waals surface area contributed by atoms with Crippen LogP contribution >= 0.6 is 0 Å². The topological polar surface area (TPSA) is 121 Å². The minimum absolute atomic E-state index is 0.0304. The first-order chi connectivity index (χ1) is 14.0. The number of hydrogen-bond donors (Lipinski definition) is 3. The lowest BCUT2D eigenvalue weighted by Crippen LogP contribution is -2.43. The number of aromatic amines is 2. The zero-order valence-corrected chi connectivity index (χ0v) is 15.9. The molecular weight excluding hydrogens is 368 g/mol. The summed E-state index contributed by atoms with van der Waals surface area (Å²) < 4.78 is 0. The van der Waals surface area contributed by atoms with E-state index in [-0.39, 0.29) is 22.5 Å². The van der Waals surface area contributed by atoms with E-state index in [0.717, 1.165) is 55.6 Å². The van der Waals surface area contributed by atoms with Crippen LogP contribution in [0, 0.1) is 0 Å². The maximum atomic E-state index is 12.7. The van der Waals surface area contributed by atoms with Crippen LogP contribution in [-0.4, -0.2) is 33.0 Å². The Morgan fingerprint density at radius 3 is 2.48 bits per heavy atom. The number of nitrogens with two attached hydrogens (primary N) is 1. The minimum Gasteiger partial charge on any atom is -0.369 e. The van der Waals surface area contributed by atoms with Crippen LogP contribution in [0.5, 0.6) is 0 Å². The van der Waals surface area contributed by atoms with Gasteiger partial charge in [0.2, 0.25) is 5.95 Å². The molecule has 1 aromatic carbocycles. The summed E-state index contributed by atoms with van der Waals surface area (Å²) >= 11 is 0. The van der Waals surface area contributed by atoms with E-state index < -0.39 is 0 Å². The number of aromatic nitrogens is 4. The zero-order valence-electron chi connectivity index (χ0n) is 15.9. The van der Waals surface area contributed by atoms with Crippen molar-refractivity contribution in [2.24, 2.45) is 0 Å². The van der Waals surface area contributed by atoms with Crippen LogP contribution in [0.2, 0.25) is 0 Å². The molecule has 0 bridgehead atoms. The van der Waals surface area contributed by atoms with Gasteiger partial charge < -0.3 is 15.6 Å². The summed E-state index contributed by atoms with van der Waals surface area (Å²) in [5, 5.41) is 0. The number of rotatable bonds is 2. The van der Waals surface area contributed by atoms with Gasteiger partial charge in [-0.05, 0) is 25.7 Å². The zero-order chi connectivity index (χ0) is 20.0. The molecule has 8 nitrogen and oxygen atoms in total. The van der Waals surface area contributed by atoms with Crippen LogP contribution in [0.25, 0.3) is 11.4 Å². The summed E-state index contributed by atoms with van der Waals surface area (Å²) in [5.41, 5.74) is 7.98. The Bertz CT molecular complexity index is 1180. The highest BCUT2D eigenvalue weighted by atomic mass is 16.1. The van der Waals surface area contributed by atoms with Crippen LogP contribution in [0.3, 0.4) is 0 Å². The first kappa shape index (κ1) is 17.7. The molecule has 0 saturated carbocycles. The molecular formula is C21H22N6O2. The van der Waals surface area contributed by atoms with Gasteiger partial charge in [0.25, 0.3) is 11.1 Å². The maximum Gasteiger partial charge on any atom is 0.254 e. The summed E-state index contributed by atoms with van der Waals surface area (Å²) in [4.78, 5) is 41.1. The SMILES string of the molecule is Nc1nc(N2CCC3(CCc4c3nc(-c3ccccc3)[nH]c4=O)CC2)cc(=O)[nH]1. The lowest BCUT2D eigenvalue weighted by atomic mass is 9.76. The highest BCUT2D eigenvalue weighted by Gasteiger charge is 2.44. The van der Waals surface area contributed by atoms with Gasteiger partial charge in [-0.3, -0.25) is 14.6 Å². The largest absolute Gasteiger partial charge is 0.369 e. The Balaban J connectivity index is 1.47. The molecule has 5 rings (SSSR count). The number of nitrogens with one attached hydrogen (secondary N) is 2. The van der Waals surface area contributed by atoms with Crippen molar-refractivity contribution in [3.8, 4) is 11.4 Å². The van der Waals surface area contributed by atoms with E-state index >= 15 is 0 Å². The van der Waals surface area contributed by atoms with Crippen molar-refractivity contribution in [3.05, 3.63) is 68.4 Å². The lowest BCUT2D eigenvalue weighted by Gasteiger charge is -2.39. The second kappa shape index (κ2) is 6.58. The highest BCUT2D eigenvalue weighted by molar-refractivity contribution is 5.56. The number of hydrogen-bond acceptors (Lipinski definition) is 6. The van der Waals surface area contributed by atoms with Crippen molar-refractivity contribution in [3.63, 3.8) is 0 Å². The van der Waals surface area contributed by atoms with Crippen LogP contribution in [0.15, 0.2) is 46.0 Å². The molecule has 4 N–H and O–H groups in total.